The highest BCUT2D eigenvalue weighted by Gasteiger charge is 2.16. The molecule has 0 saturated heterocycles. The third-order valence-corrected chi connectivity index (χ3v) is 11.8. The maximum atomic E-state index is 12.6. The summed E-state index contributed by atoms with van der Waals surface area (Å²) in [5.74, 6) is -0.430. The summed E-state index contributed by atoms with van der Waals surface area (Å²) in [5.41, 5.74) is 0. The van der Waals surface area contributed by atoms with Crippen molar-refractivity contribution in [3.05, 3.63) is 72.9 Å². The number of rotatable bonds is 50. The summed E-state index contributed by atoms with van der Waals surface area (Å²) in [6, 6.07) is 0. The molecule has 0 amide bonds. The van der Waals surface area contributed by atoms with E-state index in [0.717, 1.165) is 70.6 Å². The van der Waals surface area contributed by atoms with E-state index in [4.69, 9.17) is 14.2 Å². The highest BCUT2D eigenvalue weighted by Crippen LogP contribution is 2.15. The van der Waals surface area contributed by atoms with Crippen molar-refractivity contribution in [2.24, 2.45) is 0 Å². The summed E-state index contributed by atoms with van der Waals surface area (Å²) in [6.45, 7) is 7.62. The standard InChI is InChI=1S/C59H104O5/c1-4-7-10-13-16-19-22-25-28-30-32-35-38-41-44-47-50-53-59(61)64-56-57(62-54-51-48-45-42-39-36-33-29-26-23-20-17-14-11-8-5-2)55-63-58(60)52-49-46-43-40-37-34-31-27-24-21-18-15-12-9-6-3/h18,21,25,27-28,31-32,35,37,40-41,44,57H,4-17,19-20,22-24,26,29-30,33-34,36,38-39,42-43,45-56H2,1-3H3/b21-18-,28-25-,31-27-,35-32-,40-37-,44-41-/t57-/m1/s1. The first kappa shape index (κ1) is 61.3. The lowest BCUT2D eigenvalue weighted by atomic mass is 10.0. The fraction of sp³-hybridized carbons (Fsp3) is 0.763. The molecule has 0 spiro atoms. The fourth-order valence-corrected chi connectivity index (χ4v) is 7.57. The lowest BCUT2D eigenvalue weighted by Crippen LogP contribution is -2.29. The number of hydrogen-bond acceptors (Lipinski definition) is 5. The van der Waals surface area contributed by atoms with Gasteiger partial charge in [0.2, 0.25) is 0 Å². The van der Waals surface area contributed by atoms with E-state index < -0.39 is 6.10 Å². The molecule has 0 saturated carbocycles. The Labute approximate surface area is 397 Å². The van der Waals surface area contributed by atoms with E-state index in [1.165, 1.54) is 161 Å². The second-order valence-electron chi connectivity index (χ2n) is 18.1. The van der Waals surface area contributed by atoms with Crippen LogP contribution < -0.4 is 0 Å². The molecule has 0 fully saturated rings. The van der Waals surface area contributed by atoms with Crippen molar-refractivity contribution >= 4 is 11.9 Å². The van der Waals surface area contributed by atoms with Gasteiger partial charge in [-0.2, -0.15) is 0 Å². The normalized spacial score (nSPS) is 12.7. The van der Waals surface area contributed by atoms with Gasteiger partial charge in [-0.3, -0.25) is 9.59 Å². The molecule has 0 heterocycles. The maximum absolute atomic E-state index is 12.6. The molecule has 370 valence electrons. The Hall–Kier alpha value is -2.66. The van der Waals surface area contributed by atoms with E-state index >= 15 is 0 Å². The molecule has 0 aliphatic carbocycles. The average Bonchev–Trinajstić information content (AvgIpc) is 3.30. The van der Waals surface area contributed by atoms with Crippen LogP contribution in [0.4, 0.5) is 0 Å². The van der Waals surface area contributed by atoms with Gasteiger partial charge in [-0.1, -0.05) is 235 Å². The van der Waals surface area contributed by atoms with Gasteiger partial charge < -0.3 is 14.2 Å². The zero-order chi connectivity index (χ0) is 46.3. The largest absolute Gasteiger partial charge is 0.463 e. The van der Waals surface area contributed by atoms with Crippen LogP contribution in [0.1, 0.15) is 265 Å². The predicted octanol–water partition coefficient (Wildman–Crippen LogP) is 18.7. The van der Waals surface area contributed by atoms with Crippen LogP contribution in [-0.4, -0.2) is 37.9 Å². The molecule has 0 aromatic rings. The molecule has 0 aromatic heterocycles. The number of hydrogen-bond donors (Lipinski definition) is 0. The van der Waals surface area contributed by atoms with Gasteiger partial charge in [0.25, 0.3) is 0 Å². The zero-order valence-corrected chi connectivity index (χ0v) is 42.5. The van der Waals surface area contributed by atoms with Crippen LogP contribution in [0.3, 0.4) is 0 Å². The van der Waals surface area contributed by atoms with E-state index in [0.29, 0.717) is 19.4 Å². The molecule has 1 atom stereocenters. The molecule has 0 aliphatic heterocycles. The minimum absolute atomic E-state index is 0.119. The fourth-order valence-electron chi connectivity index (χ4n) is 7.57. The summed E-state index contributed by atoms with van der Waals surface area (Å²) >= 11 is 0. The molecule has 0 aromatic carbocycles. The van der Waals surface area contributed by atoms with E-state index in [-0.39, 0.29) is 25.2 Å². The Morgan fingerprint density at radius 1 is 0.328 bits per heavy atom. The molecule has 0 rings (SSSR count). The van der Waals surface area contributed by atoms with Gasteiger partial charge in [0.1, 0.15) is 19.3 Å². The number of allylic oxidation sites excluding steroid dienone is 12. The summed E-state index contributed by atoms with van der Waals surface area (Å²) < 4.78 is 17.4. The van der Waals surface area contributed by atoms with Gasteiger partial charge in [-0.15, -0.1) is 0 Å². The smallest absolute Gasteiger partial charge is 0.305 e. The summed E-state index contributed by atoms with van der Waals surface area (Å²) in [5, 5.41) is 0. The van der Waals surface area contributed by atoms with E-state index in [9.17, 15) is 9.59 Å². The average molecular weight is 893 g/mol. The second-order valence-corrected chi connectivity index (χ2v) is 18.1. The highest BCUT2D eigenvalue weighted by molar-refractivity contribution is 5.69. The molecule has 0 aliphatic rings. The van der Waals surface area contributed by atoms with Gasteiger partial charge >= 0.3 is 11.9 Å². The van der Waals surface area contributed by atoms with Crippen molar-refractivity contribution in [1.82, 2.24) is 0 Å². The molecular formula is C59H104O5. The van der Waals surface area contributed by atoms with Crippen LogP contribution in [-0.2, 0) is 23.8 Å². The van der Waals surface area contributed by atoms with Crippen LogP contribution in [0.5, 0.6) is 0 Å². The molecule has 5 nitrogen and oxygen atoms in total. The molecule has 0 bridgehead atoms. The first-order valence-corrected chi connectivity index (χ1v) is 27.5. The molecule has 64 heavy (non-hydrogen) atoms. The Bertz CT molecular complexity index is 1150. The molecule has 0 radical (unpaired) electrons. The van der Waals surface area contributed by atoms with Gasteiger partial charge in [0.05, 0.1) is 0 Å². The van der Waals surface area contributed by atoms with Crippen molar-refractivity contribution in [2.75, 3.05) is 19.8 Å². The Morgan fingerprint density at radius 2 is 0.609 bits per heavy atom. The Kier molecular flexibility index (Phi) is 52.4. The van der Waals surface area contributed by atoms with E-state index in [1.54, 1.807) is 0 Å². The van der Waals surface area contributed by atoms with Crippen molar-refractivity contribution in [3.63, 3.8) is 0 Å². The Balaban J connectivity index is 4.38. The monoisotopic (exact) mass is 893 g/mol. The second kappa shape index (κ2) is 54.7. The summed E-state index contributed by atoms with van der Waals surface area (Å²) in [6.07, 6.45) is 70.9. The lowest BCUT2D eigenvalue weighted by molar-refractivity contribution is -0.155. The maximum Gasteiger partial charge on any atom is 0.305 e. The van der Waals surface area contributed by atoms with Crippen molar-refractivity contribution in [2.45, 2.75) is 271 Å². The van der Waals surface area contributed by atoms with Crippen molar-refractivity contribution in [3.8, 4) is 0 Å². The van der Waals surface area contributed by atoms with Gasteiger partial charge in [0.15, 0.2) is 0 Å². The van der Waals surface area contributed by atoms with Crippen molar-refractivity contribution in [1.29, 1.82) is 0 Å². The number of esters is 2. The third-order valence-electron chi connectivity index (χ3n) is 11.8. The SMILES string of the molecule is CCCCC/C=C\C/C=C\C/C=C\CCCCC(=O)OC[C@H](COC(=O)CCC/C=C\C/C=C\C/C=C\CCCCCCCC)OCCCCCCCCCCCCCCCCCC. The zero-order valence-electron chi connectivity index (χ0n) is 42.5. The minimum Gasteiger partial charge on any atom is -0.463 e. The minimum atomic E-state index is -0.436. The lowest BCUT2D eigenvalue weighted by Gasteiger charge is -2.18. The quantitative estimate of drug-likeness (QED) is 0.0346. The summed E-state index contributed by atoms with van der Waals surface area (Å²) in [4.78, 5) is 25.2. The van der Waals surface area contributed by atoms with Crippen LogP contribution in [0.15, 0.2) is 72.9 Å². The van der Waals surface area contributed by atoms with Gasteiger partial charge in [-0.05, 0) is 89.9 Å². The number of ether oxygens (including phenoxy) is 3. The van der Waals surface area contributed by atoms with Crippen LogP contribution in [0.25, 0.3) is 0 Å². The molecule has 0 N–H and O–H groups in total. The first-order valence-electron chi connectivity index (χ1n) is 27.5. The van der Waals surface area contributed by atoms with Gasteiger partial charge in [0, 0.05) is 19.4 Å². The molecular weight excluding hydrogens is 789 g/mol. The summed E-state index contributed by atoms with van der Waals surface area (Å²) in [7, 11) is 0. The van der Waals surface area contributed by atoms with Gasteiger partial charge in [-0.25, -0.2) is 0 Å². The molecule has 5 heteroatoms. The number of carbonyl (C=O) groups excluding carboxylic acids is 2. The van der Waals surface area contributed by atoms with Crippen LogP contribution >= 0.6 is 0 Å². The van der Waals surface area contributed by atoms with Crippen LogP contribution in [0, 0.1) is 0 Å². The van der Waals surface area contributed by atoms with Crippen molar-refractivity contribution < 1.29 is 23.8 Å². The van der Waals surface area contributed by atoms with Crippen LogP contribution in [0.2, 0.25) is 0 Å². The van der Waals surface area contributed by atoms with E-state index in [2.05, 4.69) is 93.7 Å². The Morgan fingerprint density at radius 3 is 1.02 bits per heavy atom. The van der Waals surface area contributed by atoms with E-state index in [1.807, 2.05) is 0 Å². The predicted molar refractivity (Wildman–Crippen MR) is 279 cm³/mol. The highest BCUT2D eigenvalue weighted by atomic mass is 16.6. The number of unbranched alkanes of at least 4 members (excludes halogenated alkanes) is 27. The third kappa shape index (κ3) is 52.0. The topological polar surface area (TPSA) is 61.8 Å². The number of carbonyl (C=O) groups is 2. The molecule has 0 unspecified atom stereocenters. The first-order chi connectivity index (χ1) is 31.6.